The highest BCUT2D eigenvalue weighted by atomic mass is 32.2. The van der Waals surface area contributed by atoms with Crippen molar-refractivity contribution in [3.63, 3.8) is 0 Å². The van der Waals surface area contributed by atoms with Gasteiger partial charge in [0.1, 0.15) is 11.6 Å². The van der Waals surface area contributed by atoms with Crippen LogP contribution in [0.15, 0.2) is 53.4 Å². The third kappa shape index (κ3) is 7.11. The lowest BCUT2D eigenvalue weighted by atomic mass is 10.1. The molecule has 0 aromatic heterocycles. The summed E-state index contributed by atoms with van der Waals surface area (Å²) in [6, 6.07) is 11.9. The van der Waals surface area contributed by atoms with E-state index in [4.69, 9.17) is 4.74 Å². The van der Waals surface area contributed by atoms with Crippen LogP contribution in [0, 0.1) is 5.82 Å². The molecule has 0 aliphatic carbocycles. The standard InChI is InChI=1S/C22H29FN2O4S/c1-16(18-9-11-19(23)12-10-18)24-22(26)17(2)25(3)13-6-14-29-20-7-5-8-21(15-20)30(4,27)28/h5,7-12,15-17H,6,13-14H2,1-4H3,(H,24,26). The number of hydrogen-bond donors (Lipinski definition) is 1. The van der Waals surface area contributed by atoms with Crippen molar-refractivity contribution in [2.75, 3.05) is 26.5 Å². The van der Waals surface area contributed by atoms with Crippen molar-refractivity contribution in [3.05, 3.63) is 59.9 Å². The lowest BCUT2D eigenvalue weighted by Gasteiger charge is -2.25. The van der Waals surface area contributed by atoms with Crippen LogP contribution in [0.5, 0.6) is 5.75 Å². The van der Waals surface area contributed by atoms with E-state index in [0.717, 1.165) is 11.8 Å². The molecule has 0 saturated carbocycles. The first-order valence-electron chi connectivity index (χ1n) is 9.77. The number of hydrogen-bond acceptors (Lipinski definition) is 5. The van der Waals surface area contributed by atoms with Gasteiger partial charge in [0, 0.05) is 12.8 Å². The van der Waals surface area contributed by atoms with Crippen molar-refractivity contribution in [1.29, 1.82) is 0 Å². The molecule has 0 heterocycles. The zero-order valence-corrected chi connectivity index (χ0v) is 18.6. The Morgan fingerprint density at radius 1 is 1.17 bits per heavy atom. The summed E-state index contributed by atoms with van der Waals surface area (Å²) < 4.78 is 41.9. The first kappa shape index (κ1) is 23.8. The van der Waals surface area contributed by atoms with E-state index in [1.165, 1.54) is 24.3 Å². The van der Waals surface area contributed by atoms with Gasteiger partial charge >= 0.3 is 0 Å². The molecule has 164 valence electrons. The summed E-state index contributed by atoms with van der Waals surface area (Å²) in [6.45, 7) is 4.71. The van der Waals surface area contributed by atoms with Crippen LogP contribution >= 0.6 is 0 Å². The Hall–Kier alpha value is -2.45. The van der Waals surface area contributed by atoms with Gasteiger partial charge in [-0.25, -0.2) is 12.8 Å². The van der Waals surface area contributed by atoms with Crippen molar-refractivity contribution in [2.45, 2.75) is 37.2 Å². The molecule has 0 aliphatic heterocycles. The highest BCUT2D eigenvalue weighted by molar-refractivity contribution is 7.90. The van der Waals surface area contributed by atoms with E-state index < -0.39 is 9.84 Å². The van der Waals surface area contributed by atoms with E-state index in [2.05, 4.69) is 5.32 Å². The van der Waals surface area contributed by atoms with Gasteiger partial charge in [0.2, 0.25) is 5.91 Å². The number of benzene rings is 2. The van der Waals surface area contributed by atoms with E-state index >= 15 is 0 Å². The molecule has 30 heavy (non-hydrogen) atoms. The van der Waals surface area contributed by atoms with Gasteiger partial charge in [0.25, 0.3) is 0 Å². The van der Waals surface area contributed by atoms with Crippen molar-refractivity contribution >= 4 is 15.7 Å². The molecule has 8 heteroatoms. The fourth-order valence-corrected chi connectivity index (χ4v) is 3.52. The Labute approximate surface area is 178 Å². The number of rotatable bonds is 10. The molecule has 0 radical (unpaired) electrons. The zero-order valence-electron chi connectivity index (χ0n) is 17.8. The average molecular weight is 437 g/mol. The summed E-state index contributed by atoms with van der Waals surface area (Å²) in [5, 5.41) is 2.94. The van der Waals surface area contributed by atoms with Gasteiger partial charge in [0.15, 0.2) is 9.84 Å². The van der Waals surface area contributed by atoms with Crippen LogP contribution in [0.4, 0.5) is 4.39 Å². The van der Waals surface area contributed by atoms with Crippen molar-refractivity contribution in [3.8, 4) is 5.75 Å². The van der Waals surface area contributed by atoms with Crippen LogP contribution in [0.2, 0.25) is 0 Å². The Kier molecular flexibility index (Phi) is 8.37. The van der Waals surface area contributed by atoms with Gasteiger partial charge < -0.3 is 10.1 Å². The van der Waals surface area contributed by atoms with E-state index in [1.54, 1.807) is 24.3 Å². The van der Waals surface area contributed by atoms with Crippen LogP contribution in [0.3, 0.4) is 0 Å². The second kappa shape index (κ2) is 10.5. The van der Waals surface area contributed by atoms with E-state index in [-0.39, 0.29) is 28.7 Å². The quantitative estimate of drug-likeness (QED) is 0.579. The maximum atomic E-state index is 13.0. The molecule has 2 aromatic carbocycles. The molecular weight excluding hydrogens is 407 g/mol. The van der Waals surface area contributed by atoms with Crippen LogP contribution in [-0.4, -0.2) is 51.7 Å². The second-order valence-electron chi connectivity index (χ2n) is 7.39. The number of carbonyl (C=O) groups excluding carboxylic acids is 1. The van der Waals surface area contributed by atoms with Crippen molar-refractivity contribution in [2.24, 2.45) is 0 Å². The lowest BCUT2D eigenvalue weighted by Crippen LogP contribution is -2.44. The molecule has 0 aliphatic rings. The number of sulfone groups is 1. The van der Waals surface area contributed by atoms with Crippen molar-refractivity contribution < 1.29 is 22.3 Å². The molecule has 0 fully saturated rings. The summed E-state index contributed by atoms with van der Waals surface area (Å²) >= 11 is 0. The number of nitrogens with one attached hydrogen (secondary N) is 1. The summed E-state index contributed by atoms with van der Waals surface area (Å²) in [6.07, 6.45) is 1.83. The number of halogens is 1. The maximum Gasteiger partial charge on any atom is 0.237 e. The monoisotopic (exact) mass is 436 g/mol. The Morgan fingerprint density at radius 3 is 2.47 bits per heavy atom. The number of nitrogens with zero attached hydrogens (tertiary/aromatic N) is 1. The minimum atomic E-state index is -3.27. The normalized spacial score (nSPS) is 13.7. The molecule has 1 N–H and O–H groups in total. The van der Waals surface area contributed by atoms with Gasteiger partial charge in [-0.3, -0.25) is 9.69 Å². The first-order chi connectivity index (χ1) is 14.1. The van der Waals surface area contributed by atoms with Gasteiger partial charge in [-0.05, 0) is 63.2 Å². The zero-order chi connectivity index (χ0) is 22.3. The topological polar surface area (TPSA) is 75.7 Å². The number of carbonyl (C=O) groups is 1. The molecule has 0 spiro atoms. The summed E-state index contributed by atoms with van der Waals surface area (Å²) in [4.78, 5) is 14.6. The maximum absolute atomic E-state index is 13.0. The lowest BCUT2D eigenvalue weighted by molar-refractivity contribution is -0.126. The largest absolute Gasteiger partial charge is 0.494 e. The van der Waals surface area contributed by atoms with Crippen LogP contribution in [-0.2, 0) is 14.6 Å². The Morgan fingerprint density at radius 2 is 1.83 bits per heavy atom. The fourth-order valence-electron chi connectivity index (χ4n) is 2.86. The van der Waals surface area contributed by atoms with Gasteiger partial charge in [0.05, 0.1) is 23.6 Å². The van der Waals surface area contributed by atoms with E-state index in [9.17, 15) is 17.6 Å². The van der Waals surface area contributed by atoms with Gasteiger partial charge in [-0.1, -0.05) is 18.2 Å². The summed E-state index contributed by atoms with van der Waals surface area (Å²) in [7, 11) is -1.42. The van der Waals surface area contributed by atoms with Crippen molar-refractivity contribution in [1.82, 2.24) is 10.2 Å². The third-order valence-corrected chi connectivity index (χ3v) is 6.04. The molecule has 6 nitrogen and oxygen atoms in total. The van der Waals surface area contributed by atoms with E-state index in [1.807, 2.05) is 25.8 Å². The molecule has 0 bridgehead atoms. The minimum absolute atomic E-state index is 0.115. The first-order valence-corrected chi connectivity index (χ1v) is 11.7. The van der Waals surface area contributed by atoms with Crippen LogP contribution in [0.25, 0.3) is 0 Å². The SMILES string of the molecule is CC(NC(=O)C(C)N(C)CCCOc1cccc(S(C)(=O)=O)c1)c1ccc(F)cc1. The highest BCUT2D eigenvalue weighted by Gasteiger charge is 2.20. The number of likely N-dealkylation sites (N-methyl/N-ethyl adjacent to an activating group) is 1. The van der Waals surface area contributed by atoms with E-state index in [0.29, 0.717) is 25.3 Å². The highest BCUT2D eigenvalue weighted by Crippen LogP contribution is 2.17. The Balaban J connectivity index is 1.78. The summed E-state index contributed by atoms with van der Waals surface area (Å²) in [5.74, 6) is 0.0752. The number of ether oxygens (including phenoxy) is 1. The smallest absolute Gasteiger partial charge is 0.237 e. The summed E-state index contributed by atoms with van der Waals surface area (Å²) in [5.41, 5.74) is 0.837. The molecule has 2 aromatic rings. The van der Waals surface area contributed by atoms with Crippen LogP contribution in [0.1, 0.15) is 31.9 Å². The van der Waals surface area contributed by atoms with Gasteiger partial charge in [-0.2, -0.15) is 0 Å². The molecule has 2 rings (SSSR count). The molecule has 0 saturated heterocycles. The predicted octanol–water partition coefficient (Wildman–Crippen LogP) is 3.20. The molecule has 1 amide bonds. The predicted molar refractivity (Wildman–Crippen MR) is 115 cm³/mol. The Bertz CT molecular complexity index is 948. The average Bonchev–Trinajstić information content (AvgIpc) is 2.70. The van der Waals surface area contributed by atoms with Gasteiger partial charge in [-0.15, -0.1) is 0 Å². The molecule has 2 atom stereocenters. The minimum Gasteiger partial charge on any atom is -0.494 e. The molecule has 2 unspecified atom stereocenters. The fraction of sp³-hybridized carbons (Fsp3) is 0.409. The van der Waals surface area contributed by atoms with Crippen LogP contribution < -0.4 is 10.1 Å². The second-order valence-corrected chi connectivity index (χ2v) is 9.40. The molecular formula is C22H29FN2O4S. The number of amides is 1. The third-order valence-electron chi connectivity index (χ3n) is 4.93.